The largest absolute Gasteiger partial charge is 0.442 e. The summed E-state index contributed by atoms with van der Waals surface area (Å²) in [5.41, 5.74) is 1.24. The van der Waals surface area contributed by atoms with Crippen molar-refractivity contribution in [1.29, 1.82) is 0 Å². The first-order valence-corrected chi connectivity index (χ1v) is 8.31. The number of aryl methyl sites for hydroxylation is 2. The summed E-state index contributed by atoms with van der Waals surface area (Å²) < 4.78 is 7.43. The molecule has 1 amide bonds. The van der Waals surface area contributed by atoms with Gasteiger partial charge in [0.2, 0.25) is 5.71 Å². The number of nitrogens with one attached hydrogen (secondary N) is 1. The predicted molar refractivity (Wildman–Crippen MR) is 90.5 cm³/mol. The second kappa shape index (κ2) is 5.87. The molecule has 1 atom stereocenters. The number of fused-ring (bicyclic) bond motifs is 1. The summed E-state index contributed by atoms with van der Waals surface area (Å²) in [6, 6.07) is 0.140. The van der Waals surface area contributed by atoms with Gasteiger partial charge in [0.15, 0.2) is 0 Å². The number of rotatable bonds is 2. The standard InChI is InChI=1S/C17H19N5O3/c1-10-6-20-22(7-10)12-4-3-5-21(8-12)17(24)13-11(2)25-16-14(13)15(23)18-9-19-16/h6-7,9,12H,3-5,8H2,1-2H3,(H,18,19,23)/t12-/m1/s1. The highest BCUT2D eigenvalue weighted by molar-refractivity contribution is 6.06. The Kier molecular flexibility index (Phi) is 3.67. The van der Waals surface area contributed by atoms with Crippen LogP contribution in [0.2, 0.25) is 0 Å². The number of amides is 1. The van der Waals surface area contributed by atoms with Crippen molar-refractivity contribution in [3.05, 3.63) is 46.0 Å². The fourth-order valence-corrected chi connectivity index (χ4v) is 3.46. The van der Waals surface area contributed by atoms with Crippen molar-refractivity contribution < 1.29 is 9.21 Å². The lowest BCUT2D eigenvalue weighted by Crippen LogP contribution is -2.41. The molecule has 0 radical (unpaired) electrons. The van der Waals surface area contributed by atoms with Crippen molar-refractivity contribution in [1.82, 2.24) is 24.6 Å². The summed E-state index contributed by atoms with van der Waals surface area (Å²) in [6.45, 7) is 4.90. The highest BCUT2D eigenvalue weighted by Crippen LogP contribution is 2.26. The van der Waals surface area contributed by atoms with Crippen LogP contribution in [-0.2, 0) is 0 Å². The molecule has 3 aromatic heterocycles. The van der Waals surface area contributed by atoms with Gasteiger partial charge in [0, 0.05) is 19.3 Å². The van der Waals surface area contributed by atoms with Gasteiger partial charge in [-0.2, -0.15) is 5.10 Å². The summed E-state index contributed by atoms with van der Waals surface area (Å²) in [4.78, 5) is 33.5. The number of carbonyl (C=O) groups excluding carboxylic acids is 1. The molecule has 1 saturated heterocycles. The van der Waals surface area contributed by atoms with E-state index in [4.69, 9.17) is 4.42 Å². The minimum Gasteiger partial charge on any atom is -0.442 e. The highest BCUT2D eigenvalue weighted by Gasteiger charge is 2.30. The van der Waals surface area contributed by atoms with E-state index < -0.39 is 0 Å². The van der Waals surface area contributed by atoms with Crippen LogP contribution < -0.4 is 5.56 Å². The Morgan fingerprint density at radius 3 is 3.00 bits per heavy atom. The molecule has 4 heterocycles. The fraction of sp³-hybridized carbons (Fsp3) is 0.412. The van der Waals surface area contributed by atoms with Gasteiger partial charge in [0.25, 0.3) is 11.5 Å². The van der Waals surface area contributed by atoms with E-state index in [0.717, 1.165) is 18.4 Å². The minimum atomic E-state index is -0.360. The first kappa shape index (κ1) is 15.6. The molecule has 8 heteroatoms. The van der Waals surface area contributed by atoms with Crippen molar-refractivity contribution in [2.45, 2.75) is 32.7 Å². The van der Waals surface area contributed by atoms with Crippen molar-refractivity contribution in [2.24, 2.45) is 0 Å². The fourth-order valence-electron chi connectivity index (χ4n) is 3.46. The van der Waals surface area contributed by atoms with Gasteiger partial charge >= 0.3 is 0 Å². The zero-order valence-corrected chi connectivity index (χ0v) is 14.2. The summed E-state index contributed by atoms with van der Waals surface area (Å²) >= 11 is 0. The second-order valence-electron chi connectivity index (χ2n) is 6.49. The Hall–Kier alpha value is -2.90. The molecule has 0 aliphatic carbocycles. The number of likely N-dealkylation sites (tertiary alicyclic amines) is 1. The van der Waals surface area contributed by atoms with Gasteiger partial charge in [-0.1, -0.05) is 0 Å². The van der Waals surface area contributed by atoms with Gasteiger partial charge in [0.1, 0.15) is 11.1 Å². The molecule has 4 rings (SSSR count). The Morgan fingerprint density at radius 1 is 1.40 bits per heavy atom. The SMILES string of the molecule is Cc1cnn([C@@H]2CCCN(C(=O)c3c(C)oc4nc[nH]c(=O)c34)C2)c1. The van der Waals surface area contributed by atoms with Crippen LogP contribution in [0.5, 0.6) is 0 Å². The van der Waals surface area contributed by atoms with E-state index in [2.05, 4.69) is 15.1 Å². The van der Waals surface area contributed by atoms with Crippen LogP contribution in [0.4, 0.5) is 0 Å². The summed E-state index contributed by atoms with van der Waals surface area (Å²) in [5.74, 6) is 0.226. The number of furan rings is 1. The number of nitrogens with zero attached hydrogens (tertiary/aromatic N) is 4. The van der Waals surface area contributed by atoms with Crippen LogP contribution in [0.3, 0.4) is 0 Å². The quantitative estimate of drug-likeness (QED) is 0.767. The normalized spacial score (nSPS) is 18.0. The zero-order chi connectivity index (χ0) is 17.6. The maximum atomic E-state index is 13.1. The molecule has 1 aliphatic rings. The molecule has 8 nitrogen and oxygen atoms in total. The molecule has 0 saturated carbocycles. The molecular formula is C17H19N5O3. The molecule has 0 bridgehead atoms. The Bertz CT molecular complexity index is 999. The lowest BCUT2D eigenvalue weighted by Gasteiger charge is -2.32. The van der Waals surface area contributed by atoms with E-state index in [0.29, 0.717) is 24.4 Å². The van der Waals surface area contributed by atoms with Crippen molar-refractivity contribution in [3.8, 4) is 0 Å². The van der Waals surface area contributed by atoms with Gasteiger partial charge in [-0.05, 0) is 32.3 Å². The molecule has 1 fully saturated rings. The van der Waals surface area contributed by atoms with E-state index in [9.17, 15) is 9.59 Å². The van der Waals surface area contributed by atoms with E-state index in [-0.39, 0.29) is 28.6 Å². The van der Waals surface area contributed by atoms with E-state index in [1.807, 2.05) is 24.0 Å². The highest BCUT2D eigenvalue weighted by atomic mass is 16.3. The number of aromatic nitrogens is 4. The third kappa shape index (κ3) is 2.63. The average Bonchev–Trinajstić information content (AvgIpc) is 3.18. The smallest absolute Gasteiger partial charge is 0.262 e. The predicted octanol–water partition coefficient (Wildman–Crippen LogP) is 1.81. The molecule has 3 aromatic rings. The molecule has 0 spiro atoms. The lowest BCUT2D eigenvalue weighted by atomic mass is 10.0. The van der Waals surface area contributed by atoms with Crippen molar-refractivity contribution in [3.63, 3.8) is 0 Å². The van der Waals surface area contributed by atoms with Crippen LogP contribution in [0.1, 0.15) is 40.6 Å². The molecule has 130 valence electrons. The zero-order valence-electron chi connectivity index (χ0n) is 14.2. The van der Waals surface area contributed by atoms with Gasteiger partial charge in [-0.25, -0.2) is 4.98 Å². The first-order chi connectivity index (χ1) is 12.0. The van der Waals surface area contributed by atoms with Gasteiger partial charge in [-0.3, -0.25) is 14.3 Å². The van der Waals surface area contributed by atoms with E-state index >= 15 is 0 Å². The monoisotopic (exact) mass is 341 g/mol. The van der Waals surface area contributed by atoms with Crippen LogP contribution in [0.15, 0.2) is 27.9 Å². The minimum absolute atomic E-state index is 0.140. The van der Waals surface area contributed by atoms with Gasteiger partial charge < -0.3 is 14.3 Å². The van der Waals surface area contributed by atoms with Crippen LogP contribution >= 0.6 is 0 Å². The number of carbonyl (C=O) groups is 1. The van der Waals surface area contributed by atoms with Crippen LogP contribution in [0.25, 0.3) is 11.1 Å². The van der Waals surface area contributed by atoms with Crippen molar-refractivity contribution >= 4 is 17.0 Å². The second-order valence-corrected chi connectivity index (χ2v) is 6.49. The topological polar surface area (TPSA) is 97.0 Å². The molecule has 1 aliphatic heterocycles. The number of hydrogen-bond donors (Lipinski definition) is 1. The summed E-state index contributed by atoms with van der Waals surface area (Å²) in [5, 5.41) is 4.60. The van der Waals surface area contributed by atoms with Gasteiger partial charge in [0.05, 0.1) is 24.1 Å². The molecular weight excluding hydrogens is 322 g/mol. The van der Waals surface area contributed by atoms with Gasteiger partial charge in [-0.15, -0.1) is 0 Å². The maximum Gasteiger partial charge on any atom is 0.262 e. The molecule has 1 N–H and O–H groups in total. The lowest BCUT2D eigenvalue weighted by molar-refractivity contribution is 0.0673. The number of H-pyrrole nitrogens is 1. The number of piperidine rings is 1. The van der Waals surface area contributed by atoms with Crippen LogP contribution in [0, 0.1) is 13.8 Å². The maximum absolute atomic E-state index is 13.1. The Morgan fingerprint density at radius 2 is 2.24 bits per heavy atom. The third-order valence-electron chi connectivity index (χ3n) is 4.67. The molecule has 0 unspecified atom stereocenters. The number of hydrogen-bond acceptors (Lipinski definition) is 5. The molecule has 0 aromatic carbocycles. The summed E-state index contributed by atoms with van der Waals surface area (Å²) in [6.07, 6.45) is 6.95. The van der Waals surface area contributed by atoms with E-state index in [1.54, 1.807) is 11.8 Å². The third-order valence-corrected chi connectivity index (χ3v) is 4.67. The average molecular weight is 341 g/mol. The van der Waals surface area contributed by atoms with Crippen molar-refractivity contribution in [2.75, 3.05) is 13.1 Å². The summed E-state index contributed by atoms with van der Waals surface area (Å²) in [7, 11) is 0. The molecule has 25 heavy (non-hydrogen) atoms. The number of aromatic amines is 1. The van der Waals surface area contributed by atoms with E-state index in [1.165, 1.54) is 6.33 Å². The Balaban J connectivity index is 1.67. The Labute approximate surface area is 143 Å². The van der Waals surface area contributed by atoms with Crippen LogP contribution in [-0.4, -0.2) is 43.6 Å². The first-order valence-electron chi connectivity index (χ1n) is 8.31.